The third-order valence-electron chi connectivity index (χ3n) is 13.0. The number of fused-ring (bicyclic) bond motifs is 6. The van der Waals surface area contributed by atoms with E-state index in [2.05, 4.69) is 54.3 Å². The molecule has 4 aromatic rings. The normalized spacial score (nSPS) is 20.8. The fourth-order valence-electron chi connectivity index (χ4n) is 9.85. The maximum absolute atomic E-state index is 14.6. The second-order valence-electron chi connectivity index (χ2n) is 18.7. The lowest BCUT2D eigenvalue weighted by Crippen LogP contribution is -2.62. The van der Waals surface area contributed by atoms with E-state index in [1.807, 2.05) is 39.0 Å². The summed E-state index contributed by atoms with van der Waals surface area (Å²) in [6.45, 7) is 13.2. The number of cyclic esters (lactones) is 1. The number of likely N-dealkylation sites (N-methyl/N-ethyl adjacent to an activating group) is 1. The van der Waals surface area contributed by atoms with Crippen molar-refractivity contribution in [3.05, 3.63) is 71.5 Å². The molecule has 2 aromatic heterocycles. The summed E-state index contributed by atoms with van der Waals surface area (Å²) in [7, 11) is 3.36. The summed E-state index contributed by atoms with van der Waals surface area (Å²) in [6.07, 6.45) is 6.72. The molecule has 7 rings (SSSR count). The second-order valence-corrected chi connectivity index (χ2v) is 18.7. The number of carbonyl (C=O) groups excluding carboxylic acids is 4. The summed E-state index contributed by atoms with van der Waals surface area (Å²) in [5.74, 6) is -1.70. The number of phenolic OH excluding ortho intramolecular Hbond substituents is 1. The van der Waals surface area contributed by atoms with Crippen molar-refractivity contribution in [1.29, 1.82) is 0 Å². The summed E-state index contributed by atoms with van der Waals surface area (Å²) in [5.41, 5.74) is 9.77. The Kier molecular flexibility index (Phi) is 13.4. The fraction of sp³-hybridized carbons (Fsp3) is 0.531. The van der Waals surface area contributed by atoms with Crippen molar-refractivity contribution in [2.45, 2.75) is 124 Å². The molecule has 1 saturated carbocycles. The third-order valence-corrected chi connectivity index (χ3v) is 13.0. The van der Waals surface area contributed by atoms with Crippen molar-refractivity contribution < 1.29 is 33.8 Å². The van der Waals surface area contributed by atoms with Crippen LogP contribution in [0.25, 0.3) is 33.3 Å². The summed E-state index contributed by atoms with van der Waals surface area (Å²) < 4.78 is 14.2. The van der Waals surface area contributed by atoms with E-state index in [-0.39, 0.29) is 42.6 Å². The molecule has 4 heterocycles. The average molecular weight is 849 g/mol. The number of aromatic hydroxyl groups is 1. The molecule has 3 amide bonds. The van der Waals surface area contributed by atoms with Gasteiger partial charge in [0.25, 0.3) is 5.91 Å². The number of aromatic nitrogens is 2. The van der Waals surface area contributed by atoms with Gasteiger partial charge in [-0.25, -0.2) is 5.43 Å². The minimum Gasteiger partial charge on any atom is -0.508 e. The molecule has 1 saturated heterocycles. The predicted octanol–water partition coefficient (Wildman–Crippen LogP) is 7.12. The monoisotopic (exact) mass is 848 g/mol. The molecule has 4 atom stereocenters. The molecule has 1 aliphatic carbocycles. The van der Waals surface area contributed by atoms with Crippen LogP contribution in [0.2, 0.25) is 0 Å². The van der Waals surface area contributed by atoms with Crippen molar-refractivity contribution >= 4 is 34.6 Å². The van der Waals surface area contributed by atoms with Crippen LogP contribution in [0.1, 0.15) is 103 Å². The highest BCUT2D eigenvalue weighted by Crippen LogP contribution is 2.42. The fourth-order valence-corrected chi connectivity index (χ4v) is 9.85. The highest BCUT2D eigenvalue weighted by molar-refractivity contribution is 5.96. The number of esters is 1. The number of aryl methyl sites for hydroxylation is 1. The Balaban J connectivity index is 1.35. The molecule has 0 unspecified atom stereocenters. The first-order chi connectivity index (χ1) is 29.6. The number of rotatable bonds is 9. The largest absolute Gasteiger partial charge is 0.508 e. The lowest BCUT2D eigenvalue weighted by Gasteiger charge is -2.37. The lowest BCUT2D eigenvalue weighted by atomic mass is 9.84. The highest BCUT2D eigenvalue weighted by Gasteiger charge is 2.39. The summed E-state index contributed by atoms with van der Waals surface area (Å²) in [5, 5.41) is 16.8. The summed E-state index contributed by atoms with van der Waals surface area (Å²) in [4.78, 5) is 62.8. The van der Waals surface area contributed by atoms with Crippen LogP contribution in [0, 0.1) is 17.3 Å². The van der Waals surface area contributed by atoms with Gasteiger partial charge in [-0.3, -0.25) is 29.2 Å². The van der Waals surface area contributed by atoms with E-state index in [1.54, 1.807) is 37.4 Å². The lowest BCUT2D eigenvalue weighted by molar-refractivity contribution is -0.155. The molecular weight excluding hydrogens is 785 g/mol. The average Bonchev–Trinajstić information content (AvgIpc) is 3.90. The van der Waals surface area contributed by atoms with E-state index in [0.29, 0.717) is 37.9 Å². The highest BCUT2D eigenvalue weighted by atomic mass is 16.5. The minimum absolute atomic E-state index is 0.0205. The van der Waals surface area contributed by atoms with Gasteiger partial charge in [0.05, 0.1) is 24.1 Å². The van der Waals surface area contributed by atoms with Gasteiger partial charge >= 0.3 is 5.97 Å². The molecule has 0 radical (unpaired) electrons. The molecular formula is C49H64N6O7. The van der Waals surface area contributed by atoms with E-state index < -0.39 is 41.3 Å². The number of hydrogen-bond donors (Lipinski definition) is 3. The molecule has 2 aromatic carbocycles. The number of phenols is 1. The topological polar surface area (TPSA) is 155 Å². The van der Waals surface area contributed by atoms with Crippen LogP contribution in [-0.4, -0.2) is 93.7 Å². The zero-order valence-electron chi connectivity index (χ0n) is 37.6. The molecule has 62 heavy (non-hydrogen) atoms. The van der Waals surface area contributed by atoms with Crippen molar-refractivity contribution in [1.82, 2.24) is 30.2 Å². The number of benzene rings is 2. The first-order valence-electron chi connectivity index (χ1n) is 22.4. The van der Waals surface area contributed by atoms with Gasteiger partial charge in [-0.1, -0.05) is 52.7 Å². The van der Waals surface area contributed by atoms with Gasteiger partial charge in [-0.05, 0) is 111 Å². The Labute approximate surface area is 365 Å². The Morgan fingerprint density at radius 2 is 1.81 bits per heavy atom. The number of hydrazine groups is 1. The number of nitrogens with one attached hydrogen (secondary N) is 2. The van der Waals surface area contributed by atoms with Crippen LogP contribution in [0.3, 0.4) is 0 Å². The quantitative estimate of drug-likeness (QED) is 0.149. The Hall–Kier alpha value is -5.27. The van der Waals surface area contributed by atoms with E-state index in [4.69, 9.17) is 14.5 Å². The number of carbonyl (C=O) groups is 4. The van der Waals surface area contributed by atoms with Crippen LogP contribution >= 0.6 is 0 Å². The van der Waals surface area contributed by atoms with Crippen molar-refractivity contribution in [2.75, 3.05) is 27.3 Å². The summed E-state index contributed by atoms with van der Waals surface area (Å²) >= 11 is 0. The number of hydrogen-bond acceptors (Lipinski definition) is 9. The van der Waals surface area contributed by atoms with Gasteiger partial charge in [0.2, 0.25) is 11.8 Å². The number of pyridine rings is 1. The van der Waals surface area contributed by atoms with Gasteiger partial charge in [-0.2, -0.15) is 0 Å². The van der Waals surface area contributed by atoms with E-state index >= 15 is 0 Å². The van der Waals surface area contributed by atoms with Gasteiger partial charge in [0.1, 0.15) is 23.9 Å². The Morgan fingerprint density at radius 3 is 2.52 bits per heavy atom. The standard InChI is InChI=1S/C49H64N6O7/c1-9-54-41-19-18-33-26-37(41)38(44(54)36-16-12-20-50-42(36)30(4)61-8)27-49(5,6)28-62-48(60)39-17-13-21-55(52-39)47(59)40(24-31-22-34(33)25-35(56)23-31)51-45(57)43(29(2)3)53(7)46(58)32-14-10-11-15-32/h12,16,18-20,22-23,25-26,29-30,32,39-40,43,52,56H,9-11,13-15,17,21,24,27-28H2,1-8H3,(H,51,57)/t30-,39-,40-,43-/m0/s1. The van der Waals surface area contributed by atoms with Gasteiger partial charge < -0.3 is 29.4 Å². The smallest absolute Gasteiger partial charge is 0.324 e. The number of amides is 3. The maximum atomic E-state index is 14.6. The summed E-state index contributed by atoms with van der Waals surface area (Å²) in [6, 6.07) is 12.9. The zero-order chi connectivity index (χ0) is 44.5. The molecule has 0 spiro atoms. The molecule has 6 bridgehead atoms. The van der Waals surface area contributed by atoms with Crippen molar-refractivity contribution in [2.24, 2.45) is 17.3 Å². The molecule has 2 aliphatic heterocycles. The molecule has 3 N–H and O–H groups in total. The van der Waals surface area contributed by atoms with Crippen LogP contribution in [0.5, 0.6) is 5.75 Å². The van der Waals surface area contributed by atoms with Crippen LogP contribution in [0.15, 0.2) is 54.7 Å². The van der Waals surface area contributed by atoms with Crippen LogP contribution in [0.4, 0.5) is 0 Å². The van der Waals surface area contributed by atoms with Crippen LogP contribution < -0.4 is 10.7 Å². The molecule has 332 valence electrons. The molecule has 13 heteroatoms. The van der Waals surface area contributed by atoms with Gasteiger partial charge in [0, 0.05) is 67.7 Å². The molecule has 2 fully saturated rings. The minimum atomic E-state index is -1.09. The van der Waals surface area contributed by atoms with E-state index in [1.165, 1.54) is 5.01 Å². The number of ether oxygens (including phenoxy) is 2. The number of nitrogens with zero attached hydrogens (tertiary/aromatic N) is 4. The third kappa shape index (κ3) is 9.25. The van der Waals surface area contributed by atoms with E-state index in [0.717, 1.165) is 70.2 Å². The molecule has 13 nitrogen and oxygen atoms in total. The SMILES string of the molecule is CCn1c(-c2cccnc2[C@H](C)OC)c2c3cc(ccc31)-c1cc(O)cc(c1)C[C@H](NC(=O)[C@H](C(C)C)N(C)C(=O)C1CCCC1)C(=O)N1CCC[C@H](N1)C(=O)OCC(C)(C)C2. The van der Waals surface area contributed by atoms with E-state index in [9.17, 15) is 24.3 Å². The predicted molar refractivity (Wildman–Crippen MR) is 239 cm³/mol. The second kappa shape index (κ2) is 18.6. The zero-order valence-corrected chi connectivity index (χ0v) is 37.6. The van der Waals surface area contributed by atoms with Gasteiger partial charge in [-0.15, -0.1) is 0 Å². The first-order valence-corrected chi connectivity index (χ1v) is 22.4. The van der Waals surface area contributed by atoms with Gasteiger partial charge in [0.15, 0.2) is 0 Å². The number of methoxy groups -OCH3 is 1. The van der Waals surface area contributed by atoms with Crippen molar-refractivity contribution in [3.63, 3.8) is 0 Å². The maximum Gasteiger partial charge on any atom is 0.324 e. The first kappa shape index (κ1) is 44.8. The Bertz CT molecular complexity index is 2310. The molecule has 3 aliphatic rings. The van der Waals surface area contributed by atoms with Crippen molar-refractivity contribution in [3.8, 4) is 28.1 Å². The van der Waals surface area contributed by atoms with Crippen LogP contribution in [-0.2, 0) is 48.0 Å². The Morgan fingerprint density at radius 1 is 1.05 bits per heavy atom.